The van der Waals surface area contributed by atoms with Crippen LogP contribution in [0.3, 0.4) is 0 Å². The molecule has 0 unspecified atom stereocenters. The molecule has 0 spiro atoms. The first kappa shape index (κ1) is 13.2. The van der Waals surface area contributed by atoms with E-state index in [1.807, 2.05) is 12.1 Å². The molecule has 1 aromatic carbocycles. The highest BCUT2D eigenvalue weighted by Crippen LogP contribution is 2.31. The van der Waals surface area contributed by atoms with Crippen molar-refractivity contribution in [3.8, 4) is 5.75 Å². The van der Waals surface area contributed by atoms with Crippen molar-refractivity contribution in [2.75, 3.05) is 32.8 Å². The van der Waals surface area contributed by atoms with Crippen molar-refractivity contribution in [2.24, 2.45) is 0 Å². The molecule has 0 atom stereocenters. The van der Waals surface area contributed by atoms with Gasteiger partial charge in [-0.15, -0.1) is 11.8 Å². The summed E-state index contributed by atoms with van der Waals surface area (Å²) < 4.78 is 15.5. The summed E-state index contributed by atoms with van der Waals surface area (Å²) in [6, 6.07) is 5.58. The van der Waals surface area contributed by atoms with E-state index in [9.17, 15) is 0 Å². The first-order valence-electron chi connectivity index (χ1n) is 4.83. The highest BCUT2D eigenvalue weighted by Gasteiger charge is 2.09. The summed E-state index contributed by atoms with van der Waals surface area (Å²) in [5.74, 6) is 1.48. The molecule has 0 aliphatic rings. The van der Waals surface area contributed by atoms with Crippen LogP contribution in [-0.2, 0) is 9.47 Å². The van der Waals surface area contributed by atoms with Gasteiger partial charge in [-0.25, -0.2) is 0 Å². The molecule has 90 valence electrons. The molecule has 0 saturated heterocycles. The van der Waals surface area contributed by atoms with Gasteiger partial charge in [0.15, 0.2) is 6.29 Å². The molecule has 0 aliphatic heterocycles. The van der Waals surface area contributed by atoms with E-state index in [4.69, 9.17) is 19.9 Å². The van der Waals surface area contributed by atoms with Gasteiger partial charge in [-0.05, 0) is 12.1 Å². The second-order valence-corrected chi connectivity index (χ2v) is 4.18. The van der Waals surface area contributed by atoms with Gasteiger partial charge >= 0.3 is 0 Å². The number of hydrogen-bond acceptors (Lipinski definition) is 5. The monoisotopic (exact) mass is 243 g/mol. The molecule has 0 aliphatic carbocycles. The smallest absolute Gasteiger partial charge is 0.166 e. The number of nitrogens with two attached hydrogens (primary N) is 1. The minimum absolute atomic E-state index is 0.216. The number of thioether (sulfide) groups is 1. The molecule has 1 rings (SSSR count). The van der Waals surface area contributed by atoms with Crippen LogP contribution in [0.5, 0.6) is 5.75 Å². The average Bonchev–Trinajstić information content (AvgIpc) is 2.31. The van der Waals surface area contributed by atoms with Crippen LogP contribution in [0.4, 0.5) is 5.69 Å². The standard InChI is InChI=1S/C11H17NO3S/c1-13-9-6-8(12)4-5-10(9)16-7-11(14-2)15-3/h4-6,11H,7,12H2,1-3H3. The van der Waals surface area contributed by atoms with Gasteiger partial charge in [0.25, 0.3) is 0 Å². The molecule has 0 radical (unpaired) electrons. The molecular formula is C11H17NO3S. The van der Waals surface area contributed by atoms with Crippen LogP contribution in [0.25, 0.3) is 0 Å². The molecule has 0 fully saturated rings. The van der Waals surface area contributed by atoms with Gasteiger partial charge in [0.2, 0.25) is 0 Å². The molecule has 16 heavy (non-hydrogen) atoms. The molecule has 0 amide bonds. The number of anilines is 1. The Balaban J connectivity index is 2.65. The highest BCUT2D eigenvalue weighted by atomic mass is 32.2. The number of methoxy groups -OCH3 is 3. The van der Waals surface area contributed by atoms with Crippen LogP contribution >= 0.6 is 11.8 Å². The van der Waals surface area contributed by atoms with Crippen LogP contribution in [0.15, 0.2) is 23.1 Å². The first-order chi connectivity index (χ1) is 7.71. The summed E-state index contributed by atoms with van der Waals surface area (Å²) >= 11 is 1.61. The Morgan fingerprint density at radius 1 is 1.25 bits per heavy atom. The van der Waals surface area contributed by atoms with Crippen LogP contribution in [-0.4, -0.2) is 33.4 Å². The Labute approximate surface area is 100 Å². The van der Waals surface area contributed by atoms with Gasteiger partial charge in [0.05, 0.1) is 7.11 Å². The third-order valence-corrected chi connectivity index (χ3v) is 3.18. The maximum atomic E-state index is 5.67. The lowest BCUT2D eigenvalue weighted by Crippen LogP contribution is -2.15. The van der Waals surface area contributed by atoms with Gasteiger partial charge < -0.3 is 19.9 Å². The lowest BCUT2D eigenvalue weighted by atomic mass is 10.3. The lowest BCUT2D eigenvalue weighted by molar-refractivity contribution is -0.0842. The van der Waals surface area contributed by atoms with Crippen LogP contribution in [0.1, 0.15) is 0 Å². The number of nitrogen functional groups attached to an aromatic ring is 1. The Morgan fingerprint density at radius 2 is 1.94 bits per heavy atom. The third-order valence-electron chi connectivity index (χ3n) is 2.09. The van der Waals surface area contributed by atoms with Crippen molar-refractivity contribution in [1.82, 2.24) is 0 Å². The van der Waals surface area contributed by atoms with Gasteiger partial charge in [0.1, 0.15) is 5.75 Å². The van der Waals surface area contributed by atoms with Gasteiger partial charge in [-0.3, -0.25) is 0 Å². The molecule has 5 heteroatoms. The Morgan fingerprint density at radius 3 is 2.50 bits per heavy atom. The molecule has 1 aromatic rings. The zero-order chi connectivity index (χ0) is 12.0. The first-order valence-corrected chi connectivity index (χ1v) is 5.81. The largest absolute Gasteiger partial charge is 0.496 e. The van der Waals surface area contributed by atoms with Crippen molar-refractivity contribution in [3.63, 3.8) is 0 Å². The fourth-order valence-electron chi connectivity index (χ4n) is 1.19. The Kier molecular flexibility index (Phi) is 5.45. The fraction of sp³-hybridized carbons (Fsp3) is 0.455. The van der Waals surface area contributed by atoms with Gasteiger partial charge in [-0.2, -0.15) is 0 Å². The van der Waals surface area contributed by atoms with Crippen molar-refractivity contribution < 1.29 is 14.2 Å². The van der Waals surface area contributed by atoms with Crippen molar-refractivity contribution in [3.05, 3.63) is 18.2 Å². The van der Waals surface area contributed by atoms with E-state index < -0.39 is 0 Å². The summed E-state index contributed by atoms with van der Waals surface area (Å²) in [5.41, 5.74) is 6.36. The Hall–Kier alpha value is -0.910. The van der Waals surface area contributed by atoms with E-state index in [2.05, 4.69) is 0 Å². The van der Waals surface area contributed by atoms with E-state index in [1.165, 1.54) is 0 Å². The summed E-state index contributed by atoms with van der Waals surface area (Å²) in [4.78, 5) is 1.02. The summed E-state index contributed by atoms with van der Waals surface area (Å²) in [6.45, 7) is 0. The topological polar surface area (TPSA) is 53.7 Å². The van der Waals surface area contributed by atoms with Crippen LogP contribution in [0, 0.1) is 0 Å². The quantitative estimate of drug-likeness (QED) is 0.470. The zero-order valence-electron chi connectivity index (χ0n) is 9.73. The third kappa shape index (κ3) is 3.59. The van der Waals surface area contributed by atoms with Gasteiger partial charge in [-0.1, -0.05) is 0 Å². The van der Waals surface area contributed by atoms with E-state index in [1.54, 1.807) is 39.2 Å². The summed E-state index contributed by atoms with van der Waals surface area (Å²) in [7, 11) is 4.87. The minimum atomic E-state index is -0.216. The number of hydrogen-bond donors (Lipinski definition) is 1. The number of rotatable bonds is 6. The van der Waals surface area contributed by atoms with Gasteiger partial charge in [0, 0.05) is 36.6 Å². The molecular weight excluding hydrogens is 226 g/mol. The number of benzene rings is 1. The SMILES string of the molecule is COc1cc(N)ccc1SCC(OC)OC. The molecule has 0 heterocycles. The fourth-order valence-corrected chi connectivity index (χ4v) is 2.23. The van der Waals surface area contributed by atoms with E-state index in [0.29, 0.717) is 11.4 Å². The lowest BCUT2D eigenvalue weighted by Gasteiger charge is -2.14. The van der Waals surface area contributed by atoms with E-state index in [0.717, 1.165) is 10.6 Å². The zero-order valence-corrected chi connectivity index (χ0v) is 10.5. The second kappa shape index (κ2) is 6.62. The van der Waals surface area contributed by atoms with E-state index >= 15 is 0 Å². The number of ether oxygens (including phenoxy) is 3. The predicted molar refractivity (Wildman–Crippen MR) is 65.9 cm³/mol. The van der Waals surface area contributed by atoms with E-state index in [-0.39, 0.29) is 6.29 Å². The Bertz CT molecular complexity index is 329. The normalized spacial score (nSPS) is 10.8. The molecule has 0 bridgehead atoms. The second-order valence-electron chi connectivity index (χ2n) is 3.12. The molecule has 4 nitrogen and oxygen atoms in total. The summed E-state index contributed by atoms with van der Waals surface area (Å²) in [5, 5.41) is 0. The molecule has 2 N–H and O–H groups in total. The van der Waals surface area contributed by atoms with Crippen molar-refractivity contribution >= 4 is 17.4 Å². The maximum Gasteiger partial charge on any atom is 0.166 e. The van der Waals surface area contributed by atoms with Crippen molar-refractivity contribution in [2.45, 2.75) is 11.2 Å². The molecule has 0 saturated carbocycles. The highest BCUT2D eigenvalue weighted by molar-refractivity contribution is 7.99. The minimum Gasteiger partial charge on any atom is -0.496 e. The average molecular weight is 243 g/mol. The molecule has 0 aromatic heterocycles. The maximum absolute atomic E-state index is 5.67. The predicted octanol–water partition coefficient (Wildman–Crippen LogP) is 1.99. The van der Waals surface area contributed by atoms with Crippen molar-refractivity contribution in [1.29, 1.82) is 0 Å². The summed E-state index contributed by atoms with van der Waals surface area (Å²) in [6.07, 6.45) is -0.216. The van der Waals surface area contributed by atoms with Crippen LogP contribution < -0.4 is 10.5 Å². The van der Waals surface area contributed by atoms with Crippen LogP contribution in [0.2, 0.25) is 0 Å².